The topological polar surface area (TPSA) is 78.1 Å². The first-order chi connectivity index (χ1) is 14.0. The third-order valence-electron chi connectivity index (χ3n) is 5.42. The Kier molecular flexibility index (Phi) is 5.34. The number of amides is 2. The fourth-order valence-electron chi connectivity index (χ4n) is 3.75. The van der Waals surface area contributed by atoms with E-state index in [1.165, 1.54) is 0 Å². The Hall–Kier alpha value is -3.15. The minimum Gasteiger partial charge on any atom is -0.342 e. The third kappa shape index (κ3) is 4.16. The van der Waals surface area contributed by atoms with Gasteiger partial charge >= 0.3 is 0 Å². The van der Waals surface area contributed by atoms with Crippen LogP contribution in [0.2, 0.25) is 0 Å². The van der Waals surface area contributed by atoms with E-state index in [1.807, 2.05) is 53.4 Å². The maximum Gasteiger partial charge on any atom is 0.251 e. The Bertz CT molecular complexity index is 990. The standard InChI is InChI=1S/C23H26N4O2/c1-15(2)21(22-24-18-6-3-4-7-19(18)25-22)26-23(29)17-11-9-16(10-12-17)14-27-13-5-8-20(27)28/h3-4,6-7,9-12,15,21H,5,8,13-14H2,1-2H3,(H,24,25)(H,26,29)/t21-/m0/s1. The van der Waals surface area contributed by atoms with Gasteiger partial charge in [0.1, 0.15) is 5.82 Å². The molecule has 2 aromatic carbocycles. The third-order valence-corrected chi connectivity index (χ3v) is 5.42. The lowest BCUT2D eigenvalue weighted by molar-refractivity contribution is -0.128. The van der Waals surface area contributed by atoms with E-state index in [4.69, 9.17) is 0 Å². The summed E-state index contributed by atoms with van der Waals surface area (Å²) in [6.45, 7) is 5.55. The molecule has 3 aromatic rings. The summed E-state index contributed by atoms with van der Waals surface area (Å²) < 4.78 is 0. The van der Waals surface area contributed by atoms with Crippen molar-refractivity contribution in [2.24, 2.45) is 5.92 Å². The molecule has 150 valence electrons. The van der Waals surface area contributed by atoms with Gasteiger partial charge in [0.25, 0.3) is 5.91 Å². The molecule has 1 aromatic heterocycles. The molecule has 1 atom stereocenters. The summed E-state index contributed by atoms with van der Waals surface area (Å²) in [6, 6.07) is 15.1. The summed E-state index contributed by atoms with van der Waals surface area (Å²) in [5.74, 6) is 1.02. The molecular weight excluding hydrogens is 364 g/mol. The number of likely N-dealkylation sites (tertiary alicyclic amines) is 1. The Morgan fingerprint density at radius 1 is 1.17 bits per heavy atom. The number of fused-ring (bicyclic) bond motifs is 1. The zero-order chi connectivity index (χ0) is 20.4. The van der Waals surface area contributed by atoms with Crippen LogP contribution in [0.15, 0.2) is 48.5 Å². The van der Waals surface area contributed by atoms with Crippen molar-refractivity contribution in [3.05, 3.63) is 65.5 Å². The molecule has 0 spiro atoms. The summed E-state index contributed by atoms with van der Waals surface area (Å²) in [5, 5.41) is 3.11. The number of rotatable bonds is 6. The molecule has 6 nitrogen and oxygen atoms in total. The van der Waals surface area contributed by atoms with Crippen molar-refractivity contribution in [1.29, 1.82) is 0 Å². The molecule has 2 N–H and O–H groups in total. The van der Waals surface area contributed by atoms with Crippen molar-refractivity contribution in [3.8, 4) is 0 Å². The molecule has 1 aliphatic heterocycles. The maximum atomic E-state index is 12.8. The summed E-state index contributed by atoms with van der Waals surface area (Å²) in [4.78, 5) is 34.5. The molecule has 1 aliphatic rings. The van der Waals surface area contributed by atoms with E-state index < -0.39 is 0 Å². The zero-order valence-corrected chi connectivity index (χ0v) is 16.8. The second-order valence-corrected chi connectivity index (χ2v) is 7.95. The first-order valence-electron chi connectivity index (χ1n) is 10.1. The minimum absolute atomic E-state index is 0.132. The van der Waals surface area contributed by atoms with Crippen LogP contribution in [-0.2, 0) is 11.3 Å². The summed E-state index contributed by atoms with van der Waals surface area (Å²) in [5.41, 5.74) is 3.49. The van der Waals surface area contributed by atoms with Crippen molar-refractivity contribution >= 4 is 22.8 Å². The quantitative estimate of drug-likeness (QED) is 0.672. The molecule has 0 radical (unpaired) electrons. The smallest absolute Gasteiger partial charge is 0.251 e. The number of hydrogen-bond acceptors (Lipinski definition) is 3. The van der Waals surface area contributed by atoms with Gasteiger partial charge in [-0.2, -0.15) is 0 Å². The number of nitrogens with zero attached hydrogens (tertiary/aromatic N) is 2. The predicted octanol–water partition coefficient (Wildman–Crippen LogP) is 3.81. The van der Waals surface area contributed by atoms with Gasteiger partial charge in [0.15, 0.2) is 0 Å². The molecular formula is C23H26N4O2. The highest BCUT2D eigenvalue weighted by Gasteiger charge is 2.23. The van der Waals surface area contributed by atoms with Gasteiger partial charge in [0.05, 0.1) is 17.1 Å². The SMILES string of the molecule is CC(C)[C@H](NC(=O)c1ccc(CN2CCCC2=O)cc1)c1nc2ccccc2[nH]1. The Morgan fingerprint density at radius 3 is 2.59 bits per heavy atom. The largest absolute Gasteiger partial charge is 0.342 e. The molecule has 4 rings (SSSR count). The lowest BCUT2D eigenvalue weighted by Crippen LogP contribution is -2.32. The van der Waals surface area contributed by atoms with Crippen LogP contribution in [0.3, 0.4) is 0 Å². The molecule has 0 saturated carbocycles. The van der Waals surface area contributed by atoms with Gasteiger partial charge < -0.3 is 15.2 Å². The Balaban J connectivity index is 1.47. The van der Waals surface area contributed by atoms with Crippen molar-refractivity contribution in [2.75, 3.05) is 6.54 Å². The van der Waals surface area contributed by atoms with E-state index in [-0.39, 0.29) is 23.8 Å². The van der Waals surface area contributed by atoms with Gasteiger partial charge in [-0.15, -0.1) is 0 Å². The van der Waals surface area contributed by atoms with Gasteiger partial charge in [0.2, 0.25) is 5.91 Å². The fraction of sp³-hybridized carbons (Fsp3) is 0.348. The van der Waals surface area contributed by atoms with Crippen molar-refractivity contribution < 1.29 is 9.59 Å². The summed E-state index contributed by atoms with van der Waals surface area (Å²) in [7, 11) is 0. The molecule has 2 heterocycles. The van der Waals surface area contributed by atoms with Crippen LogP contribution in [0, 0.1) is 5.92 Å². The monoisotopic (exact) mass is 390 g/mol. The van der Waals surface area contributed by atoms with Gasteiger partial charge in [-0.05, 0) is 42.2 Å². The van der Waals surface area contributed by atoms with Crippen molar-refractivity contribution in [3.63, 3.8) is 0 Å². The summed E-state index contributed by atoms with van der Waals surface area (Å²) >= 11 is 0. The van der Waals surface area contributed by atoms with Crippen LogP contribution in [0.5, 0.6) is 0 Å². The lowest BCUT2D eigenvalue weighted by Gasteiger charge is -2.20. The number of para-hydroxylation sites is 2. The molecule has 0 unspecified atom stereocenters. The molecule has 1 fully saturated rings. The number of hydrogen-bond donors (Lipinski definition) is 2. The second-order valence-electron chi connectivity index (χ2n) is 7.95. The average Bonchev–Trinajstić information content (AvgIpc) is 3.32. The average molecular weight is 390 g/mol. The molecule has 0 aliphatic carbocycles. The molecule has 29 heavy (non-hydrogen) atoms. The highest BCUT2D eigenvalue weighted by atomic mass is 16.2. The van der Waals surface area contributed by atoms with Crippen LogP contribution in [-0.4, -0.2) is 33.2 Å². The first-order valence-corrected chi connectivity index (χ1v) is 10.1. The highest BCUT2D eigenvalue weighted by Crippen LogP contribution is 2.23. The number of benzene rings is 2. The second kappa shape index (κ2) is 8.07. The van der Waals surface area contributed by atoms with Crippen molar-refractivity contribution in [2.45, 2.75) is 39.3 Å². The first kappa shape index (κ1) is 19.2. The Labute approximate surface area is 170 Å². The van der Waals surface area contributed by atoms with Gasteiger partial charge in [-0.3, -0.25) is 9.59 Å². The lowest BCUT2D eigenvalue weighted by atomic mass is 10.0. The number of nitrogens with one attached hydrogen (secondary N) is 2. The highest BCUT2D eigenvalue weighted by molar-refractivity contribution is 5.94. The number of aromatic amines is 1. The van der Waals surface area contributed by atoms with Gasteiger partial charge in [-0.1, -0.05) is 38.1 Å². The number of carbonyl (C=O) groups is 2. The number of imidazole rings is 1. The normalized spacial score (nSPS) is 15.3. The van der Waals surface area contributed by atoms with Crippen LogP contribution < -0.4 is 5.32 Å². The molecule has 1 saturated heterocycles. The maximum absolute atomic E-state index is 12.8. The molecule has 2 amide bonds. The van der Waals surface area contributed by atoms with Crippen LogP contribution in [0.1, 0.15) is 54.5 Å². The number of H-pyrrole nitrogens is 1. The Morgan fingerprint density at radius 2 is 1.93 bits per heavy atom. The minimum atomic E-state index is -0.211. The van der Waals surface area contributed by atoms with E-state index in [2.05, 4.69) is 29.1 Å². The van der Waals surface area contributed by atoms with Crippen LogP contribution in [0.4, 0.5) is 0 Å². The van der Waals surface area contributed by atoms with Gasteiger partial charge in [-0.25, -0.2) is 4.98 Å². The fourth-order valence-corrected chi connectivity index (χ4v) is 3.75. The zero-order valence-electron chi connectivity index (χ0n) is 16.8. The predicted molar refractivity (Wildman–Crippen MR) is 112 cm³/mol. The number of carbonyl (C=O) groups excluding carboxylic acids is 2. The van der Waals surface area contributed by atoms with E-state index >= 15 is 0 Å². The van der Waals surface area contributed by atoms with E-state index in [1.54, 1.807) is 0 Å². The van der Waals surface area contributed by atoms with E-state index in [0.29, 0.717) is 18.5 Å². The van der Waals surface area contributed by atoms with Gasteiger partial charge in [0, 0.05) is 25.1 Å². The molecule has 6 heteroatoms. The van der Waals surface area contributed by atoms with Crippen molar-refractivity contribution in [1.82, 2.24) is 20.2 Å². The van der Waals surface area contributed by atoms with Crippen LogP contribution >= 0.6 is 0 Å². The molecule has 0 bridgehead atoms. The summed E-state index contributed by atoms with van der Waals surface area (Å²) in [6.07, 6.45) is 1.57. The number of aromatic nitrogens is 2. The van der Waals surface area contributed by atoms with E-state index in [9.17, 15) is 9.59 Å². The van der Waals surface area contributed by atoms with Crippen LogP contribution in [0.25, 0.3) is 11.0 Å². The van der Waals surface area contributed by atoms with E-state index in [0.717, 1.165) is 35.4 Å².